The average molecular weight is 1440 g/mol. The second kappa shape index (κ2) is 25.1. The van der Waals surface area contributed by atoms with Crippen LogP contribution in [0.4, 0.5) is 0 Å². The van der Waals surface area contributed by atoms with Crippen molar-refractivity contribution < 1.29 is 14.2 Å². The van der Waals surface area contributed by atoms with E-state index in [1.54, 1.807) is 0 Å². The van der Waals surface area contributed by atoms with Crippen LogP contribution in [0.3, 0.4) is 0 Å². The van der Waals surface area contributed by atoms with Gasteiger partial charge in [0.25, 0.3) is 0 Å². The summed E-state index contributed by atoms with van der Waals surface area (Å²) in [6.07, 6.45) is 0. The van der Waals surface area contributed by atoms with Gasteiger partial charge < -0.3 is 23.3 Å². The molecule has 3 aliphatic rings. The fourth-order valence-electron chi connectivity index (χ4n) is 16.9. The smallest absolute Gasteiger partial charge is 0.153 e. The van der Waals surface area contributed by atoms with Gasteiger partial charge in [-0.25, -0.2) is 24.9 Å². The minimum atomic E-state index is 0.756. The molecule has 13 nitrogen and oxygen atoms in total. The maximum atomic E-state index is 6.56. The topological polar surface area (TPSA) is 117 Å². The van der Waals surface area contributed by atoms with Crippen molar-refractivity contribution >= 4 is 98.5 Å². The van der Waals surface area contributed by atoms with E-state index >= 15 is 0 Å². The van der Waals surface area contributed by atoms with E-state index in [4.69, 9.17) is 39.1 Å². The van der Waals surface area contributed by atoms with Crippen LogP contribution in [0.5, 0.6) is 34.5 Å². The van der Waals surface area contributed by atoms with Crippen LogP contribution in [-0.4, -0.2) is 47.8 Å². The van der Waals surface area contributed by atoms with Gasteiger partial charge in [0.15, 0.2) is 34.5 Å². The molecule has 0 saturated carbocycles. The molecule has 0 unspecified atom stereocenters. The Balaban J connectivity index is 0.000000100. The van der Waals surface area contributed by atoms with Crippen LogP contribution in [0, 0.1) is 0 Å². The third kappa shape index (κ3) is 9.86. The molecule has 3 aliphatic heterocycles. The predicted molar refractivity (Wildman–Crippen MR) is 450 cm³/mol. The van der Waals surface area contributed by atoms with Crippen LogP contribution >= 0.6 is 0 Å². The molecule has 6 aromatic heterocycles. The molecule has 0 amide bonds. The summed E-state index contributed by atoms with van der Waals surface area (Å²) in [4.78, 5) is 25.1. The van der Waals surface area contributed by atoms with Crippen LogP contribution in [-0.2, 0) is 0 Å². The molecule has 25 rings (SSSR count). The van der Waals surface area contributed by atoms with E-state index < -0.39 is 0 Å². The molecule has 0 spiro atoms. The molecule has 112 heavy (non-hydrogen) atoms. The van der Waals surface area contributed by atoms with Crippen molar-refractivity contribution in [1.29, 1.82) is 0 Å². The molecule has 0 N–H and O–H groups in total. The van der Waals surface area contributed by atoms with Gasteiger partial charge in [0.05, 0.1) is 89.5 Å². The second-order valence-electron chi connectivity index (χ2n) is 28.3. The number of fused-ring (bicyclic) bond motifs is 15. The molecule has 13 heteroatoms. The molecule has 0 fully saturated rings. The molecule has 0 bridgehead atoms. The van der Waals surface area contributed by atoms with Crippen molar-refractivity contribution in [2.24, 2.45) is 0 Å². The number of hydrogen-bond donors (Lipinski definition) is 0. The summed E-state index contributed by atoms with van der Waals surface area (Å²) in [6.45, 7) is 0. The summed E-state index contributed by atoms with van der Waals surface area (Å²) in [6, 6.07) is 125. The van der Waals surface area contributed by atoms with Crippen molar-refractivity contribution in [3.8, 4) is 120 Å². The largest absolute Gasteiger partial charge is 0.453 e. The van der Waals surface area contributed by atoms with Gasteiger partial charge in [-0.15, -0.1) is 0 Å². The van der Waals surface area contributed by atoms with Gasteiger partial charge in [-0.2, -0.15) is 0 Å². The highest BCUT2D eigenvalue weighted by molar-refractivity contribution is 6.21. The van der Waals surface area contributed by atoms with E-state index in [2.05, 4.69) is 259 Å². The van der Waals surface area contributed by atoms with Gasteiger partial charge in [-0.05, 0) is 120 Å². The quantitative estimate of drug-likeness (QED) is 0.155. The first-order valence-corrected chi connectivity index (χ1v) is 37.5. The molecule has 0 atom stereocenters. The van der Waals surface area contributed by atoms with Crippen molar-refractivity contribution in [3.63, 3.8) is 0 Å². The van der Waals surface area contributed by atoms with Gasteiger partial charge in [0, 0.05) is 61.5 Å². The van der Waals surface area contributed by atoms with Gasteiger partial charge in [-0.3, -0.25) is 13.7 Å². The van der Waals surface area contributed by atoms with Gasteiger partial charge in [0.1, 0.15) is 34.0 Å². The van der Waals surface area contributed by atoms with Crippen molar-refractivity contribution in [1.82, 2.24) is 47.8 Å². The molecule has 0 saturated heterocycles. The number of ether oxygens (including phenoxy) is 3. The minimum Gasteiger partial charge on any atom is -0.453 e. The highest BCUT2D eigenvalue weighted by atomic mass is 16.5. The summed E-state index contributed by atoms with van der Waals surface area (Å²) < 4.78 is 30.9. The van der Waals surface area contributed by atoms with Crippen LogP contribution in [0.1, 0.15) is 0 Å². The lowest BCUT2D eigenvalue weighted by Crippen LogP contribution is -2.07. The number of rotatable bonds is 7. The molecule has 524 valence electrons. The third-order valence-corrected chi connectivity index (χ3v) is 21.8. The number of hydrogen-bond acceptors (Lipinski definition) is 8. The Kier molecular flexibility index (Phi) is 14.0. The Labute approximate surface area is 640 Å². The average Bonchev–Trinajstić information content (AvgIpc) is 1.56. The number of imidazole rings is 3. The van der Waals surface area contributed by atoms with E-state index in [0.717, 1.165) is 164 Å². The number of benzene rings is 16. The molecular weight excluding hydrogens is 1380 g/mol. The van der Waals surface area contributed by atoms with Crippen molar-refractivity contribution in [3.05, 3.63) is 364 Å². The highest BCUT2D eigenvalue weighted by Crippen LogP contribution is 2.50. The maximum Gasteiger partial charge on any atom is 0.153 e. The SMILES string of the molecule is c1ccc(-c2nc3cccc4c3n2-c2ccc(-n3c5ccccc5c5c6ccccc6ccc53)cc2O4)cc1.c1ccc(-c2nc3cccc4c3n2-c2ccc(-n3c5ccccc5c5ccccc53)cc2O4)cc1.c1ccc(-c2nc3ccccc3nc2-c2ccc3c(c2)Oc2cccc4nc(-c5ccccc5)n-3c24)cc1. The van der Waals surface area contributed by atoms with E-state index in [1.807, 2.05) is 127 Å². The lowest BCUT2D eigenvalue weighted by Gasteiger charge is -2.22. The zero-order chi connectivity index (χ0) is 73.5. The summed E-state index contributed by atoms with van der Waals surface area (Å²) in [5.74, 6) is 7.54. The minimum absolute atomic E-state index is 0.756. The summed E-state index contributed by atoms with van der Waals surface area (Å²) in [5, 5.41) is 7.52. The first-order valence-electron chi connectivity index (χ1n) is 37.5. The van der Waals surface area contributed by atoms with Crippen LogP contribution in [0.2, 0.25) is 0 Å². The maximum absolute atomic E-state index is 6.56. The number of aromatic nitrogens is 10. The molecule has 22 aromatic rings. The number of nitrogens with zero attached hydrogens (tertiary/aromatic N) is 10. The predicted octanol–water partition coefficient (Wildman–Crippen LogP) is 25.0. The standard InChI is InChI=1S/C35H21N3O.C33H20N4O.C31H19N3O/c1-2-10-23(11-3-1)35-36-27-14-8-16-31-34(27)38(35)29-20-18-24(21-32(29)39-31)37-28-15-7-6-13-26(28)33-25-12-5-4-9-22(25)17-19-30(33)37;1-3-10-21(11-4-1)30-31(35-25-15-8-7-14-24(25)34-30)23-18-19-27-29(20-23)38-28-17-9-16-26-32(28)37(27)33(36-26)22-12-5-2-6-13-22;1-2-9-20(10-3-1)31-32-24-13-8-16-28-30(24)34(31)27-18-17-21(19-29(27)35-28)33-25-14-6-4-11-22(25)23-12-5-7-15-26(23)33/h1-21H;1-20H;1-19H. The van der Waals surface area contributed by atoms with Gasteiger partial charge in [0.2, 0.25) is 0 Å². The first kappa shape index (κ1) is 62.7. The monoisotopic (exact) mass is 1440 g/mol. The molecular formula is C99H60N10O3. The van der Waals surface area contributed by atoms with Gasteiger partial charge in [-0.1, -0.05) is 243 Å². The Morgan fingerprint density at radius 1 is 0.205 bits per heavy atom. The van der Waals surface area contributed by atoms with Crippen LogP contribution in [0.15, 0.2) is 364 Å². The summed E-state index contributed by atoms with van der Waals surface area (Å²) in [7, 11) is 0. The van der Waals surface area contributed by atoms with Crippen molar-refractivity contribution in [2.75, 3.05) is 0 Å². The Bertz CT molecular complexity index is 7560. The normalized spacial score (nSPS) is 12.1. The van der Waals surface area contributed by atoms with E-state index in [1.165, 1.54) is 54.4 Å². The first-order chi connectivity index (χ1) is 55.5. The van der Waals surface area contributed by atoms with E-state index in [9.17, 15) is 0 Å². The third-order valence-electron chi connectivity index (χ3n) is 21.8. The number of para-hydroxylation sites is 8. The van der Waals surface area contributed by atoms with Crippen LogP contribution < -0.4 is 14.2 Å². The molecule has 16 aromatic carbocycles. The summed E-state index contributed by atoms with van der Waals surface area (Å²) >= 11 is 0. The fourth-order valence-corrected chi connectivity index (χ4v) is 16.9. The Morgan fingerprint density at radius 3 is 1.04 bits per heavy atom. The zero-order valence-corrected chi connectivity index (χ0v) is 59.8. The lowest BCUT2D eigenvalue weighted by molar-refractivity contribution is 0.475. The van der Waals surface area contributed by atoms with Crippen LogP contribution in [0.25, 0.3) is 184 Å². The second-order valence-corrected chi connectivity index (χ2v) is 28.3. The fraction of sp³-hybridized carbons (Fsp3) is 0. The Morgan fingerprint density at radius 2 is 0.562 bits per heavy atom. The molecule has 9 heterocycles. The van der Waals surface area contributed by atoms with Crippen molar-refractivity contribution in [2.45, 2.75) is 0 Å². The molecule has 0 radical (unpaired) electrons. The summed E-state index contributed by atoms with van der Waals surface area (Å²) in [5.41, 5.74) is 24.1. The molecule has 0 aliphatic carbocycles. The lowest BCUT2D eigenvalue weighted by atomic mass is 10.0. The Hall–Kier alpha value is -15.5. The van der Waals surface area contributed by atoms with E-state index in [-0.39, 0.29) is 0 Å². The van der Waals surface area contributed by atoms with Gasteiger partial charge >= 0.3 is 0 Å². The van der Waals surface area contributed by atoms with E-state index in [0.29, 0.717) is 0 Å². The highest BCUT2D eigenvalue weighted by Gasteiger charge is 2.31. The zero-order valence-electron chi connectivity index (χ0n) is 59.8.